The quantitative estimate of drug-likeness (QED) is 0.402. The van der Waals surface area contributed by atoms with Crippen LogP contribution in [0.4, 0.5) is 0 Å². The Balaban J connectivity index is -0.000000130. The first-order valence-electron chi connectivity index (χ1n) is 6.96. The Morgan fingerprint density at radius 1 is 0.480 bits per heavy atom. The zero-order chi connectivity index (χ0) is 19.7. The van der Waals surface area contributed by atoms with Gasteiger partial charge in [-0.05, 0) is 40.0 Å². The monoisotopic (exact) mass is 396 g/mol. The molecule has 141 valence electrons. The summed E-state index contributed by atoms with van der Waals surface area (Å²) in [6.07, 6.45) is -0.215. The summed E-state index contributed by atoms with van der Waals surface area (Å²) in [5, 5.41) is 28.9. The Kier molecular flexibility index (Phi) is 24.7. The maximum Gasteiger partial charge on any atom is 2.00 e. The second-order valence-corrected chi connectivity index (χ2v) is 4.72. The second kappa shape index (κ2) is 20.0. The van der Waals surface area contributed by atoms with E-state index < -0.39 is 17.9 Å². The summed E-state index contributed by atoms with van der Waals surface area (Å²) in [4.78, 5) is 59.1. The van der Waals surface area contributed by atoms with Gasteiger partial charge in [0.15, 0.2) is 0 Å². The molecule has 25 heavy (non-hydrogen) atoms. The Hall–Kier alpha value is -2.00. The third kappa shape index (κ3) is 52.1. The summed E-state index contributed by atoms with van der Waals surface area (Å²) in [5.41, 5.74) is 0. The Morgan fingerprint density at radius 3 is 0.680 bits per heavy atom. The molecule has 0 bridgehead atoms. The van der Waals surface area contributed by atoms with Crippen molar-refractivity contribution in [3.63, 3.8) is 0 Å². The van der Waals surface area contributed by atoms with Crippen LogP contribution in [0.5, 0.6) is 0 Å². The van der Waals surface area contributed by atoms with Gasteiger partial charge >= 0.3 is 18.6 Å². The number of carboxylic acids is 3. The van der Waals surface area contributed by atoms with E-state index in [-0.39, 0.29) is 74.4 Å². The maximum atomic E-state index is 10.1. The molecule has 0 atom stereocenters. The zero-order valence-corrected chi connectivity index (χ0v) is 15.8. The summed E-state index contributed by atoms with van der Waals surface area (Å²) in [7, 11) is 0. The molecule has 10 heteroatoms. The van der Waals surface area contributed by atoms with Gasteiger partial charge < -0.3 is 44.1 Å². The van der Waals surface area contributed by atoms with Crippen LogP contribution in [0.1, 0.15) is 59.3 Å². The van der Waals surface area contributed by atoms with Crippen LogP contribution in [0.2, 0.25) is 0 Å². The van der Waals surface area contributed by atoms with Gasteiger partial charge in [-0.15, -0.1) is 0 Å². The van der Waals surface area contributed by atoms with Gasteiger partial charge in [-0.2, -0.15) is 0 Å². The number of hydrogen-bond donors (Lipinski definition) is 0. The fraction of sp³-hybridized carbons (Fsp3) is 0.600. The normalized spacial score (nSPS) is 8.28. The largest absolute Gasteiger partial charge is 2.00 e. The molecule has 0 heterocycles. The first-order chi connectivity index (χ1) is 10.9. The van der Waals surface area contributed by atoms with Gasteiger partial charge in [-0.25, -0.2) is 0 Å². The van der Waals surface area contributed by atoms with Crippen LogP contribution in [0, 0.1) is 0 Å². The Labute approximate surface area is 157 Å². The average Bonchev–Trinajstić information content (AvgIpc) is 2.42. The molecular formula is C15H21O9V-. The summed E-state index contributed by atoms with van der Waals surface area (Å²) in [6, 6.07) is 0. The van der Waals surface area contributed by atoms with Crippen molar-refractivity contribution < 1.29 is 62.6 Å². The third-order valence-electron chi connectivity index (χ3n) is 2.04. The molecule has 0 aromatic heterocycles. The molecular weight excluding hydrogens is 375 g/mol. The minimum absolute atomic E-state index is 0. The van der Waals surface area contributed by atoms with Crippen LogP contribution in [0.15, 0.2) is 0 Å². The number of carbonyl (C=O) groups excluding carboxylic acids is 6. The first kappa shape index (κ1) is 30.8. The predicted molar refractivity (Wildman–Crippen MR) is 74.8 cm³/mol. The zero-order valence-electron chi connectivity index (χ0n) is 14.4. The van der Waals surface area contributed by atoms with Gasteiger partial charge in [0, 0.05) is 37.2 Å². The third-order valence-corrected chi connectivity index (χ3v) is 2.04. The van der Waals surface area contributed by atoms with Gasteiger partial charge in [0.05, 0.1) is 0 Å². The van der Waals surface area contributed by atoms with Crippen LogP contribution in [0.25, 0.3) is 0 Å². The van der Waals surface area contributed by atoms with Crippen molar-refractivity contribution in [2.24, 2.45) is 0 Å². The number of hydrogen-bond acceptors (Lipinski definition) is 9. The van der Waals surface area contributed by atoms with Crippen molar-refractivity contribution in [2.45, 2.75) is 59.3 Å². The summed E-state index contributed by atoms with van der Waals surface area (Å²) < 4.78 is 0. The molecule has 0 aliphatic heterocycles. The van der Waals surface area contributed by atoms with E-state index in [1.807, 2.05) is 0 Å². The molecule has 0 fully saturated rings. The molecule has 9 nitrogen and oxygen atoms in total. The van der Waals surface area contributed by atoms with Crippen molar-refractivity contribution in [1.29, 1.82) is 0 Å². The Bertz CT molecular complexity index is 349. The van der Waals surface area contributed by atoms with Gasteiger partial charge in [0.2, 0.25) is 0 Å². The van der Waals surface area contributed by atoms with E-state index in [9.17, 15) is 44.1 Å². The van der Waals surface area contributed by atoms with E-state index in [2.05, 4.69) is 0 Å². The van der Waals surface area contributed by atoms with Crippen LogP contribution in [0.3, 0.4) is 0 Å². The van der Waals surface area contributed by atoms with E-state index in [1.54, 1.807) is 0 Å². The number of rotatable bonds is 9. The standard InChI is InChI=1S/3C5H8O3.V/c3*1-4(6)2-3-5(7)8;/h3*2-3H2,1H3,(H,7,8);/q;;;+2/p-3. The predicted octanol–water partition coefficient (Wildman–Crippen LogP) is -2.69. The van der Waals surface area contributed by atoms with Gasteiger partial charge in [0.25, 0.3) is 0 Å². The smallest absolute Gasteiger partial charge is 0.550 e. The van der Waals surface area contributed by atoms with E-state index >= 15 is 0 Å². The van der Waals surface area contributed by atoms with E-state index in [0.717, 1.165) is 0 Å². The van der Waals surface area contributed by atoms with Crippen molar-refractivity contribution in [3.8, 4) is 0 Å². The van der Waals surface area contributed by atoms with Gasteiger partial charge in [0.1, 0.15) is 17.3 Å². The molecule has 0 spiro atoms. The minimum atomic E-state index is -1.17. The SMILES string of the molecule is CC(=O)CCC(=O)[O-].CC(=O)CCC(=O)[O-].CC(=O)CCC(=O)[O-].[V+2]. The molecule has 0 N–H and O–H groups in total. The van der Waals surface area contributed by atoms with Crippen LogP contribution in [-0.4, -0.2) is 35.3 Å². The average molecular weight is 396 g/mol. The van der Waals surface area contributed by atoms with Crippen molar-refractivity contribution in [2.75, 3.05) is 0 Å². The summed E-state index contributed by atoms with van der Waals surface area (Å²) in [5.74, 6) is -3.85. The summed E-state index contributed by atoms with van der Waals surface area (Å²) in [6.45, 7) is 4.05. The van der Waals surface area contributed by atoms with Crippen molar-refractivity contribution in [1.82, 2.24) is 0 Å². The molecule has 0 aliphatic carbocycles. The fourth-order valence-electron chi connectivity index (χ4n) is 0.834. The molecule has 0 aromatic rings. The molecule has 0 rings (SSSR count). The summed E-state index contributed by atoms with van der Waals surface area (Å²) >= 11 is 0. The molecule has 1 radical (unpaired) electrons. The fourth-order valence-corrected chi connectivity index (χ4v) is 0.834. The number of ketones is 3. The first-order valence-corrected chi connectivity index (χ1v) is 6.96. The van der Waals surface area contributed by atoms with Crippen LogP contribution >= 0.6 is 0 Å². The van der Waals surface area contributed by atoms with Crippen molar-refractivity contribution in [3.05, 3.63) is 0 Å². The van der Waals surface area contributed by atoms with E-state index in [4.69, 9.17) is 0 Å². The minimum Gasteiger partial charge on any atom is -0.550 e. The van der Waals surface area contributed by atoms with Gasteiger partial charge in [-0.3, -0.25) is 0 Å². The molecule has 0 saturated carbocycles. The molecule has 0 unspecified atom stereocenters. The number of Topliss-reactive ketones (excluding diaryl/α,β-unsaturated/α-hetero) is 3. The molecule has 0 saturated heterocycles. The van der Waals surface area contributed by atoms with Crippen LogP contribution < -0.4 is 15.3 Å². The number of carbonyl (C=O) groups is 6. The molecule has 0 amide bonds. The van der Waals surface area contributed by atoms with E-state index in [1.165, 1.54) is 20.8 Å². The second-order valence-electron chi connectivity index (χ2n) is 4.72. The van der Waals surface area contributed by atoms with Crippen LogP contribution in [-0.2, 0) is 47.3 Å². The topological polar surface area (TPSA) is 172 Å². The molecule has 0 aromatic carbocycles. The maximum absolute atomic E-state index is 10.1. The number of aliphatic carboxylic acids is 3. The molecule has 0 aliphatic rings. The Morgan fingerprint density at radius 2 is 0.640 bits per heavy atom. The van der Waals surface area contributed by atoms with E-state index in [0.29, 0.717) is 0 Å². The van der Waals surface area contributed by atoms with Gasteiger partial charge in [-0.1, -0.05) is 0 Å². The van der Waals surface area contributed by atoms with Crippen molar-refractivity contribution >= 4 is 35.3 Å². The number of carboxylic acid groups (broad SMARTS) is 3.